The van der Waals surface area contributed by atoms with Crippen molar-refractivity contribution >= 4 is 18.1 Å². The van der Waals surface area contributed by atoms with Crippen LogP contribution in [0.5, 0.6) is 0 Å². The molecule has 5 nitrogen and oxygen atoms in total. The van der Waals surface area contributed by atoms with Crippen LogP contribution in [0, 0.1) is 0 Å². The average Bonchev–Trinajstić information content (AvgIpc) is 3.22. The molecule has 2 rings (SSSR count). The van der Waals surface area contributed by atoms with Crippen LogP contribution < -0.4 is 5.32 Å². The van der Waals surface area contributed by atoms with Crippen LogP contribution in [-0.2, 0) is 14.3 Å². The topological polar surface area (TPSA) is 64.6 Å². The molecule has 0 aliphatic heterocycles. The Morgan fingerprint density at radius 1 is 1.22 bits per heavy atom. The molecular formula is C18H23NO4. The van der Waals surface area contributed by atoms with Gasteiger partial charge < -0.3 is 14.8 Å². The maximum Gasteiger partial charge on any atom is 0.407 e. The Balaban J connectivity index is 1.86. The molecule has 1 fully saturated rings. The van der Waals surface area contributed by atoms with Gasteiger partial charge in [-0.15, -0.1) is 0 Å². The van der Waals surface area contributed by atoms with E-state index in [1.54, 1.807) is 6.08 Å². The number of ether oxygens (including phenoxy) is 2. The molecule has 0 bridgehead atoms. The van der Waals surface area contributed by atoms with E-state index in [1.807, 2.05) is 45.0 Å². The summed E-state index contributed by atoms with van der Waals surface area (Å²) in [6, 6.07) is 8.03. The standard InChI is InChI=1S/C18H23NO4/c1-18(2,3)23-17(21)19-15-11-14(15)13-8-5-12(6-9-13)7-10-16(20)22-4/h5-10,14-15H,11H2,1-4H3,(H,19,21)/b10-7+/t14-,15+/m0/s1. The Hall–Kier alpha value is -2.30. The number of methoxy groups -OCH3 is 1. The minimum atomic E-state index is -0.484. The van der Waals surface area contributed by atoms with Crippen molar-refractivity contribution in [3.05, 3.63) is 41.5 Å². The molecule has 1 saturated carbocycles. The number of rotatable bonds is 4. The summed E-state index contributed by atoms with van der Waals surface area (Å²) in [5.74, 6) is -0.0564. The van der Waals surface area contributed by atoms with Crippen molar-refractivity contribution in [2.45, 2.75) is 44.8 Å². The Kier molecular flexibility index (Phi) is 5.08. The monoisotopic (exact) mass is 317 g/mol. The third-order valence-electron chi connectivity index (χ3n) is 3.47. The lowest BCUT2D eigenvalue weighted by molar-refractivity contribution is -0.134. The lowest BCUT2D eigenvalue weighted by Crippen LogP contribution is -2.34. The molecule has 0 spiro atoms. The molecule has 0 heterocycles. The summed E-state index contributed by atoms with van der Waals surface area (Å²) in [4.78, 5) is 22.8. The molecular weight excluding hydrogens is 294 g/mol. The van der Waals surface area contributed by atoms with Crippen LogP contribution in [0.1, 0.15) is 44.2 Å². The van der Waals surface area contributed by atoms with Crippen molar-refractivity contribution in [3.63, 3.8) is 0 Å². The highest BCUT2D eigenvalue weighted by molar-refractivity contribution is 5.86. The number of benzene rings is 1. The number of esters is 1. The van der Waals surface area contributed by atoms with E-state index in [0.717, 1.165) is 12.0 Å². The molecule has 0 unspecified atom stereocenters. The number of hydrogen-bond donors (Lipinski definition) is 1. The van der Waals surface area contributed by atoms with E-state index in [4.69, 9.17) is 4.74 Å². The number of nitrogens with one attached hydrogen (secondary N) is 1. The van der Waals surface area contributed by atoms with Crippen molar-refractivity contribution in [2.24, 2.45) is 0 Å². The molecule has 1 amide bonds. The molecule has 23 heavy (non-hydrogen) atoms. The number of hydrogen-bond acceptors (Lipinski definition) is 4. The van der Waals surface area contributed by atoms with E-state index in [1.165, 1.54) is 18.7 Å². The van der Waals surface area contributed by atoms with Gasteiger partial charge in [-0.25, -0.2) is 9.59 Å². The van der Waals surface area contributed by atoms with Crippen molar-refractivity contribution in [1.82, 2.24) is 5.32 Å². The molecule has 0 saturated heterocycles. The van der Waals surface area contributed by atoms with Crippen LogP contribution in [0.25, 0.3) is 6.08 Å². The molecule has 0 aromatic heterocycles. The fourth-order valence-corrected chi connectivity index (χ4v) is 2.27. The first-order valence-corrected chi connectivity index (χ1v) is 7.64. The zero-order valence-corrected chi connectivity index (χ0v) is 14.0. The number of carbonyl (C=O) groups is 2. The second-order valence-corrected chi connectivity index (χ2v) is 6.62. The Labute approximate surface area is 136 Å². The first-order valence-electron chi connectivity index (χ1n) is 7.64. The molecule has 1 N–H and O–H groups in total. The van der Waals surface area contributed by atoms with Gasteiger partial charge in [0.25, 0.3) is 0 Å². The highest BCUT2D eigenvalue weighted by Gasteiger charge is 2.40. The fraction of sp³-hybridized carbons (Fsp3) is 0.444. The highest BCUT2D eigenvalue weighted by Crippen LogP contribution is 2.41. The largest absolute Gasteiger partial charge is 0.466 e. The average molecular weight is 317 g/mol. The van der Waals surface area contributed by atoms with Gasteiger partial charge in [-0.1, -0.05) is 24.3 Å². The maximum absolute atomic E-state index is 11.7. The van der Waals surface area contributed by atoms with Crippen LogP contribution in [0.2, 0.25) is 0 Å². The fourth-order valence-electron chi connectivity index (χ4n) is 2.27. The van der Waals surface area contributed by atoms with Gasteiger partial charge in [-0.2, -0.15) is 0 Å². The van der Waals surface area contributed by atoms with Crippen LogP contribution >= 0.6 is 0 Å². The summed E-state index contributed by atoms with van der Waals surface area (Å²) < 4.78 is 9.81. The molecule has 1 aromatic rings. The molecule has 124 valence electrons. The van der Waals surface area contributed by atoms with Gasteiger partial charge in [0, 0.05) is 18.0 Å². The van der Waals surface area contributed by atoms with Crippen molar-refractivity contribution in [2.75, 3.05) is 7.11 Å². The van der Waals surface area contributed by atoms with E-state index < -0.39 is 5.60 Å². The summed E-state index contributed by atoms with van der Waals surface area (Å²) in [5, 5.41) is 2.88. The SMILES string of the molecule is COC(=O)/C=C/c1ccc([C@@H]2C[C@H]2NC(=O)OC(C)(C)C)cc1. The van der Waals surface area contributed by atoms with E-state index in [9.17, 15) is 9.59 Å². The summed E-state index contributed by atoms with van der Waals surface area (Å²) in [6.45, 7) is 5.53. The van der Waals surface area contributed by atoms with Gasteiger partial charge in [-0.05, 0) is 44.4 Å². The summed E-state index contributed by atoms with van der Waals surface area (Å²) in [6.07, 6.45) is 3.64. The summed E-state index contributed by atoms with van der Waals surface area (Å²) in [7, 11) is 1.35. The first kappa shape index (κ1) is 17.1. The zero-order valence-electron chi connectivity index (χ0n) is 14.0. The van der Waals surface area contributed by atoms with Gasteiger partial charge in [0.2, 0.25) is 0 Å². The van der Waals surface area contributed by atoms with Crippen molar-refractivity contribution < 1.29 is 19.1 Å². The van der Waals surface area contributed by atoms with Crippen LogP contribution in [0.4, 0.5) is 4.79 Å². The lowest BCUT2D eigenvalue weighted by Gasteiger charge is -2.19. The minimum Gasteiger partial charge on any atom is -0.466 e. The van der Waals surface area contributed by atoms with Crippen molar-refractivity contribution in [1.29, 1.82) is 0 Å². The molecule has 2 atom stereocenters. The van der Waals surface area contributed by atoms with Gasteiger partial charge >= 0.3 is 12.1 Å². The summed E-state index contributed by atoms with van der Waals surface area (Å²) in [5.41, 5.74) is 1.61. The highest BCUT2D eigenvalue weighted by atomic mass is 16.6. The predicted molar refractivity (Wildman–Crippen MR) is 88.0 cm³/mol. The third-order valence-corrected chi connectivity index (χ3v) is 3.47. The van der Waals surface area contributed by atoms with Crippen LogP contribution in [0.15, 0.2) is 30.3 Å². The van der Waals surface area contributed by atoms with Crippen LogP contribution in [-0.4, -0.2) is 30.8 Å². The third kappa shape index (κ3) is 5.43. The number of alkyl carbamates (subject to hydrolysis) is 1. The lowest BCUT2D eigenvalue weighted by atomic mass is 10.1. The Morgan fingerprint density at radius 3 is 2.43 bits per heavy atom. The van der Waals surface area contributed by atoms with E-state index in [2.05, 4.69) is 10.1 Å². The second kappa shape index (κ2) is 6.86. The minimum absolute atomic E-state index is 0.126. The van der Waals surface area contributed by atoms with Gasteiger partial charge in [0.15, 0.2) is 0 Å². The molecule has 1 aliphatic carbocycles. The Morgan fingerprint density at radius 2 is 1.87 bits per heavy atom. The second-order valence-electron chi connectivity index (χ2n) is 6.62. The number of carbonyl (C=O) groups excluding carboxylic acids is 2. The maximum atomic E-state index is 11.7. The van der Waals surface area contributed by atoms with Gasteiger partial charge in [0.1, 0.15) is 5.60 Å². The quantitative estimate of drug-likeness (QED) is 0.684. The van der Waals surface area contributed by atoms with E-state index in [-0.39, 0.29) is 18.1 Å². The van der Waals surface area contributed by atoms with Crippen molar-refractivity contribution in [3.8, 4) is 0 Å². The molecule has 0 radical (unpaired) electrons. The number of amides is 1. The van der Waals surface area contributed by atoms with Gasteiger partial charge in [-0.3, -0.25) is 0 Å². The van der Waals surface area contributed by atoms with E-state index in [0.29, 0.717) is 5.92 Å². The molecule has 1 aromatic carbocycles. The zero-order chi connectivity index (χ0) is 17.0. The normalized spacial score (nSPS) is 20.2. The molecule has 5 heteroatoms. The van der Waals surface area contributed by atoms with E-state index >= 15 is 0 Å². The Bertz CT molecular complexity index is 598. The molecule has 1 aliphatic rings. The summed E-state index contributed by atoms with van der Waals surface area (Å²) >= 11 is 0. The van der Waals surface area contributed by atoms with Gasteiger partial charge in [0.05, 0.1) is 7.11 Å². The smallest absolute Gasteiger partial charge is 0.407 e. The first-order chi connectivity index (χ1) is 10.8. The van der Waals surface area contributed by atoms with Crippen LogP contribution in [0.3, 0.4) is 0 Å². The predicted octanol–water partition coefficient (Wildman–Crippen LogP) is 3.25.